The molecular formula is C10H13NO4S. The molecule has 0 atom stereocenters. The second-order valence-electron chi connectivity index (χ2n) is 4.13. The van der Waals surface area contributed by atoms with E-state index in [-0.39, 0.29) is 4.88 Å². The van der Waals surface area contributed by atoms with E-state index in [1.165, 1.54) is 6.07 Å². The molecule has 16 heavy (non-hydrogen) atoms. The van der Waals surface area contributed by atoms with Crippen molar-refractivity contribution in [1.82, 2.24) is 0 Å². The molecule has 0 saturated heterocycles. The van der Waals surface area contributed by atoms with Crippen molar-refractivity contribution >= 4 is 29.1 Å². The first-order valence-corrected chi connectivity index (χ1v) is 5.48. The molecule has 0 aliphatic heterocycles. The summed E-state index contributed by atoms with van der Waals surface area (Å²) >= 11 is 1.05. The third-order valence-corrected chi connectivity index (χ3v) is 2.37. The van der Waals surface area contributed by atoms with Crippen LogP contribution in [-0.4, -0.2) is 22.8 Å². The van der Waals surface area contributed by atoms with E-state index in [4.69, 9.17) is 9.84 Å². The zero-order valence-corrected chi connectivity index (χ0v) is 10.1. The van der Waals surface area contributed by atoms with Gasteiger partial charge in [0, 0.05) is 5.38 Å². The number of hydrogen-bond donors (Lipinski definition) is 2. The van der Waals surface area contributed by atoms with E-state index in [1.54, 1.807) is 26.2 Å². The Morgan fingerprint density at radius 2 is 2.06 bits per heavy atom. The lowest BCUT2D eigenvalue weighted by atomic mass is 10.2. The van der Waals surface area contributed by atoms with Gasteiger partial charge in [0.1, 0.15) is 10.5 Å². The van der Waals surface area contributed by atoms with E-state index >= 15 is 0 Å². The van der Waals surface area contributed by atoms with Crippen LogP contribution in [0.4, 0.5) is 10.5 Å². The minimum atomic E-state index is -1.01. The number of carbonyl (C=O) groups is 2. The standard InChI is InChI=1S/C10H13NO4S/c1-10(2,3)15-9(14)11-6-4-7(8(12)13)16-5-6/h4-5H,1-3H3,(H,11,14)(H,12,13). The van der Waals surface area contributed by atoms with Crippen molar-refractivity contribution in [2.45, 2.75) is 26.4 Å². The number of amides is 1. The maximum absolute atomic E-state index is 11.3. The maximum atomic E-state index is 11.3. The van der Waals surface area contributed by atoms with Gasteiger partial charge in [-0.25, -0.2) is 9.59 Å². The smallest absolute Gasteiger partial charge is 0.412 e. The van der Waals surface area contributed by atoms with Crippen LogP contribution < -0.4 is 5.32 Å². The van der Waals surface area contributed by atoms with Gasteiger partial charge in [-0.05, 0) is 26.8 Å². The molecule has 88 valence electrons. The molecule has 2 N–H and O–H groups in total. The van der Waals surface area contributed by atoms with Gasteiger partial charge in [0.15, 0.2) is 0 Å². The summed E-state index contributed by atoms with van der Waals surface area (Å²) in [4.78, 5) is 22.1. The predicted octanol–water partition coefficient (Wildman–Crippen LogP) is 2.79. The molecule has 0 unspecified atom stereocenters. The van der Waals surface area contributed by atoms with E-state index in [2.05, 4.69) is 5.32 Å². The van der Waals surface area contributed by atoms with Crippen LogP contribution >= 0.6 is 11.3 Å². The lowest BCUT2D eigenvalue weighted by Gasteiger charge is -2.19. The summed E-state index contributed by atoms with van der Waals surface area (Å²) in [5.74, 6) is -1.01. The molecule has 1 amide bonds. The van der Waals surface area contributed by atoms with Crippen LogP contribution in [0.2, 0.25) is 0 Å². The van der Waals surface area contributed by atoms with Crippen molar-refractivity contribution in [1.29, 1.82) is 0 Å². The summed E-state index contributed by atoms with van der Waals surface area (Å²) in [6.07, 6.45) is -0.595. The van der Waals surface area contributed by atoms with Gasteiger partial charge >= 0.3 is 12.1 Å². The second-order valence-corrected chi connectivity index (χ2v) is 5.04. The molecule has 0 radical (unpaired) electrons. The Labute approximate surface area is 97.0 Å². The Balaban J connectivity index is 2.60. The molecular weight excluding hydrogens is 230 g/mol. The zero-order chi connectivity index (χ0) is 12.3. The monoisotopic (exact) mass is 243 g/mol. The first kappa shape index (κ1) is 12.5. The normalized spacial score (nSPS) is 10.9. The summed E-state index contributed by atoms with van der Waals surface area (Å²) in [7, 11) is 0. The van der Waals surface area contributed by atoms with Crippen molar-refractivity contribution in [3.8, 4) is 0 Å². The third kappa shape index (κ3) is 3.90. The van der Waals surface area contributed by atoms with Gasteiger partial charge in [-0.2, -0.15) is 0 Å². The van der Waals surface area contributed by atoms with Crippen molar-refractivity contribution in [2.24, 2.45) is 0 Å². The van der Waals surface area contributed by atoms with Gasteiger partial charge in [0.05, 0.1) is 5.69 Å². The number of aromatic carboxylic acids is 1. The van der Waals surface area contributed by atoms with Crippen LogP contribution in [-0.2, 0) is 4.74 Å². The van der Waals surface area contributed by atoms with Crippen LogP contribution in [0.3, 0.4) is 0 Å². The largest absolute Gasteiger partial charge is 0.477 e. The second kappa shape index (κ2) is 4.52. The number of carboxylic acid groups (broad SMARTS) is 1. The Morgan fingerprint density at radius 3 is 2.50 bits per heavy atom. The predicted molar refractivity (Wildman–Crippen MR) is 61.1 cm³/mol. The van der Waals surface area contributed by atoms with Crippen LogP contribution in [0, 0.1) is 0 Å². The molecule has 0 aliphatic carbocycles. The van der Waals surface area contributed by atoms with Gasteiger partial charge in [0.25, 0.3) is 0 Å². The summed E-state index contributed by atoms with van der Waals surface area (Å²) in [5.41, 5.74) is -0.146. The summed E-state index contributed by atoms with van der Waals surface area (Å²) in [6, 6.07) is 1.39. The number of hydrogen-bond acceptors (Lipinski definition) is 4. The highest BCUT2D eigenvalue weighted by Gasteiger charge is 2.17. The number of thiophene rings is 1. The Kier molecular flexibility index (Phi) is 3.54. The van der Waals surface area contributed by atoms with Gasteiger partial charge in [-0.15, -0.1) is 11.3 Å². The molecule has 0 aliphatic rings. The van der Waals surface area contributed by atoms with Crippen LogP contribution in [0.5, 0.6) is 0 Å². The van der Waals surface area contributed by atoms with Crippen LogP contribution in [0.25, 0.3) is 0 Å². The first-order valence-electron chi connectivity index (χ1n) is 4.60. The van der Waals surface area contributed by atoms with E-state index < -0.39 is 17.7 Å². The third-order valence-electron chi connectivity index (χ3n) is 1.46. The Morgan fingerprint density at radius 1 is 1.44 bits per heavy atom. The molecule has 1 aromatic heterocycles. The first-order chi connectivity index (χ1) is 7.28. The fourth-order valence-electron chi connectivity index (χ4n) is 0.935. The Hall–Kier alpha value is -1.56. The number of rotatable bonds is 2. The number of nitrogens with one attached hydrogen (secondary N) is 1. The average Bonchev–Trinajstić information content (AvgIpc) is 2.48. The minimum Gasteiger partial charge on any atom is -0.477 e. The highest BCUT2D eigenvalue weighted by Crippen LogP contribution is 2.20. The van der Waals surface area contributed by atoms with Gasteiger partial charge in [-0.3, -0.25) is 5.32 Å². The molecule has 1 rings (SSSR count). The van der Waals surface area contributed by atoms with Crippen molar-refractivity contribution < 1.29 is 19.4 Å². The molecule has 0 saturated carbocycles. The van der Waals surface area contributed by atoms with Crippen molar-refractivity contribution in [3.05, 3.63) is 16.3 Å². The summed E-state index contributed by atoms with van der Waals surface area (Å²) < 4.78 is 5.02. The van der Waals surface area contributed by atoms with Gasteiger partial charge in [0.2, 0.25) is 0 Å². The van der Waals surface area contributed by atoms with Gasteiger partial charge in [-0.1, -0.05) is 0 Å². The van der Waals surface area contributed by atoms with E-state index in [1.807, 2.05) is 0 Å². The molecule has 6 heteroatoms. The molecule has 0 spiro atoms. The van der Waals surface area contributed by atoms with Gasteiger partial charge < -0.3 is 9.84 Å². The van der Waals surface area contributed by atoms with Crippen molar-refractivity contribution in [2.75, 3.05) is 5.32 Å². The lowest BCUT2D eigenvalue weighted by molar-refractivity contribution is 0.0633. The molecule has 0 bridgehead atoms. The molecule has 5 nitrogen and oxygen atoms in total. The average molecular weight is 243 g/mol. The minimum absolute atomic E-state index is 0.172. The fraction of sp³-hybridized carbons (Fsp3) is 0.400. The van der Waals surface area contributed by atoms with Crippen LogP contribution in [0.1, 0.15) is 30.4 Å². The van der Waals surface area contributed by atoms with E-state index in [0.29, 0.717) is 5.69 Å². The molecule has 0 fully saturated rings. The highest BCUT2D eigenvalue weighted by atomic mass is 32.1. The van der Waals surface area contributed by atoms with Crippen molar-refractivity contribution in [3.63, 3.8) is 0 Å². The van der Waals surface area contributed by atoms with E-state index in [9.17, 15) is 9.59 Å². The molecule has 1 heterocycles. The number of carbonyl (C=O) groups excluding carboxylic acids is 1. The number of ether oxygens (including phenoxy) is 1. The SMILES string of the molecule is CC(C)(C)OC(=O)Nc1csc(C(=O)O)c1. The summed E-state index contributed by atoms with van der Waals surface area (Å²) in [5, 5.41) is 12.7. The topological polar surface area (TPSA) is 75.6 Å². The molecule has 0 aromatic carbocycles. The highest BCUT2D eigenvalue weighted by molar-refractivity contribution is 7.12. The van der Waals surface area contributed by atoms with E-state index in [0.717, 1.165) is 11.3 Å². The lowest BCUT2D eigenvalue weighted by Crippen LogP contribution is -2.27. The maximum Gasteiger partial charge on any atom is 0.412 e. The number of anilines is 1. The fourth-order valence-corrected chi connectivity index (χ4v) is 1.61. The Bertz CT molecular complexity index is 405. The molecule has 1 aromatic rings. The zero-order valence-electron chi connectivity index (χ0n) is 9.23. The van der Waals surface area contributed by atoms with Crippen LogP contribution in [0.15, 0.2) is 11.4 Å². The number of carboxylic acids is 1. The quantitative estimate of drug-likeness (QED) is 0.837. The summed E-state index contributed by atoms with van der Waals surface area (Å²) in [6.45, 7) is 5.26.